The van der Waals surface area contributed by atoms with Gasteiger partial charge in [0.15, 0.2) is 0 Å². The van der Waals surface area contributed by atoms with Crippen molar-refractivity contribution in [1.29, 1.82) is 0 Å². The Hall–Kier alpha value is -1.02. The Bertz CT molecular complexity index is 340. The molecule has 0 saturated carbocycles. The summed E-state index contributed by atoms with van der Waals surface area (Å²) in [5, 5.41) is 3.44. The van der Waals surface area contributed by atoms with Crippen molar-refractivity contribution in [3.63, 3.8) is 0 Å². The predicted octanol–water partition coefficient (Wildman–Crippen LogP) is 3.71. The molecule has 0 fully saturated rings. The molecule has 2 nitrogen and oxygen atoms in total. The van der Waals surface area contributed by atoms with E-state index in [1.807, 2.05) is 0 Å². The molecule has 18 heavy (non-hydrogen) atoms. The molecule has 0 heterocycles. The molecule has 0 spiro atoms. The van der Waals surface area contributed by atoms with Gasteiger partial charge in [-0.25, -0.2) is 0 Å². The zero-order valence-corrected chi connectivity index (χ0v) is 12.4. The molecule has 0 bridgehead atoms. The Morgan fingerprint density at radius 1 is 1.06 bits per heavy atom. The molecule has 1 aromatic carbocycles. The number of nitrogens with one attached hydrogen (secondary N) is 1. The molecule has 0 amide bonds. The van der Waals surface area contributed by atoms with Crippen molar-refractivity contribution in [3.05, 3.63) is 29.3 Å². The third-order valence-corrected chi connectivity index (χ3v) is 2.86. The van der Waals surface area contributed by atoms with Crippen molar-refractivity contribution in [1.82, 2.24) is 5.32 Å². The second-order valence-corrected chi connectivity index (χ2v) is 5.64. The van der Waals surface area contributed by atoms with Gasteiger partial charge in [-0.3, -0.25) is 0 Å². The van der Waals surface area contributed by atoms with Gasteiger partial charge in [-0.05, 0) is 62.9 Å². The Kier molecular flexibility index (Phi) is 6.20. The van der Waals surface area contributed by atoms with Crippen LogP contribution in [-0.4, -0.2) is 19.2 Å². The first-order valence-corrected chi connectivity index (χ1v) is 6.93. The molecule has 0 aliphatic carbocycles. The number of benzene rings is 1. The number of aryl methyl sites for hydroxylation is 2. The molecular formula is C16H27NO. The van der Waals surface area contributed by atoms with Crippen molar-refractivity contribution < 1.29 is 4.74 Å². The van der Waals surface area contributed by atoms with Gasteiger partial charge >= 0.3 is 0 Å². The Morgan fingerprint density at radius 2 is 1.67 bits per heavy atom. The zero-order valence-electron chi connectivity index (χ0n) is 12.4. The van der Waals surface area contributed by atoms with Crippen molar-refractivity contribution in [2.75, 3.05) is 13.1 Å². The molecular weight excluding hydrogens is 222 g/mol. The molecule has 102 valence electrons. The second-order valence-electron chi connectivity index (χ2n) is 5.64. The van der Waals surface area contributed by atoms with Crippen LogP contribution in [0.1, 0.15) is 38.3 Å². The van der Waals surface area contributed by atoms with Crippen LogP contribution in [0.5, 0.6) is 5.75 Å². The molecule has 0 saturated heterocycles. The van der Waals surface area contributed by atoms with E-state index in [4.69, 9.17) is 4.74 Å². The van der Waals surface area contributed by atoms with Gasteiger partial charge in [-0.15, -0.1) is 0 Å². The number of hydrogen-bond donors (Lipinski definition) is 1. The van der Waals surface area contributed by atoms with E-state index in [1.165, 1.54) is 17.5 Å². The second kappa shape index (κ2) is 7.42. The standard InChI is InChI=1S/C16H27NO/c1-12(2)6-7-17-11-15(5)18-16-9-13(3)8-14(4)10-16/h8-10,12,15,17H,6-7,11H2,1-5H3. The Balaban J connectivity index is 2.33. The summed E-state index contributed by atoms with van der Waals surface area (Å²) in [5.41, 5.74) is 2.51. The smallest absolute Gasteiger partial charge is 0.120 e. The molecule has 0 aliphatic rings. The molecule has 1 rings (SSSR count). The lowest BCUT2D eigenvalue weighted by atomic mass is 10.1. The summed E-state index contributed by atoms with van der Waals surface area (Å²) < 4.78 is 5.92. The van der Waals surface area contributed by atoms with E-state index in [-0.39, 0.29) is 6.10 Å². The van der Waals surface area contributed by atoms with Gasteiger partial charge < -0.3 is 10.1 Å². The molecule has 1 unspecified atom stereocenters. The minimum absolute atomic E-state index is 0.207. The Labute approximate surface area is 112 Å². The van der Waals surface area contributed by atoms with E-state index in [1.54, 1.807) is 0 Å². The summed E-state index contributed by atoms with van der Waals surface area (Å²) in [4.78, 5) is 0. The molecule has 0 aromatic heterocycles. The van der Waals surface area contributed by atoms with Gasteiger partial charge in [0.25, 0.3) is 0 Å². The van der Waals surface area contributed by atoms with Crippen LogP contribution < -0.4 is 10.1 Å². The van der Waals surface area contributed by atoms with Gasteiger partial charge in [0.05, 0.1) is 0 Å². The highest BCUT2D eigenvalue weighted by Gasteiger charge is 2.04. The van der Waals surface area contributed by atoms with Crippen LogP contribution in [-0.2, 0) is 0 Å². The molecule has 2 heteroatoms. The fraction of sp³-hybridized carbons (Fsp3) is 0.625. The van der Waals surface area contributed by atoms with Crippen molar-refractivity contribution >= 4 is 0 Å². The van der Waals surface area contributed by atoms with E-state index in [0.29, 0.717) is 0 Å². The summed E-state index contributed by atoms with van der Waals surface area (Å²) in [6, 6.07) is 6.35. The first kappa shape index (κ1) is 15.0. The third kappa shape index (κ3) is 6.06. The monoisotopic (exact) mass is 249 g/mol. The summed E-state index contributed by atoms with van der Waals surface area (Å²) in [7, 11) is 0. The first-order valence-electron chi connectivity index (χ1n) is 6.93. The minimum Gasteiger partial charge on any atom is -0.489 e. The van der Waals surface area contributed by atoms with E-state index in [9.17, 15) is 0 Å². The van der Waals surface area contributed by atoms with Crippen LogP contribution in [0.25, 0.3) is 0 Å². The van der Waals surface area contributed by atoms with Gasteiger partial charge in [0.1, 0.15) is 11.9 Å². The van der Waals surface area contributed by atoms with E-state index in [2.05, 4.69) is 58.1 Å². The maximum absolute atomic E-state index is 5.92. The lowest BCUT2D eigenvalue weighted by molar-refractivity contribution is 0.216. The van der Waals surface area contributed by atoms with Crippen molar-refractivity contribution in [3.8, 4) is 5.75 Å². The molecule has 0 aliphatic heterocycles. The highest BCUT2D eigenvalue weighted by atomic mass is 16.5. The third-order valence-electron chi connectivity index (χ3n) is 2.86. The minimum atomic E-state index is 0.207. The fourth-order valence-electron chi connectivity index (χ4n) is 1.97. The van der Waals surface area contributed by atoms with E-state index < -0.39 is 0 Å². The molecule has 1 aromatic rings. The average Bonchev–Trinajstić information content (AvgIpc) is 2.22. The number of ether oxygens (including phenoxy) is 1. The highest BCUT2D eigenvalue weighted by Crippen LogP contribution is 2.17. The fourth-order valence-corrected chi connectivity index (χ4v) is 1.97. The predicted molar refractivity (Wildman–Crippen MR) is 78.3 cm³/mol. The Morgan fingerprint density at radius 3 is 2.22 bits per heavy atom. The molecule has 1 N–H and O–H groups in total. The van der Waals surface area contributed by atoms with Crippen LogP contribution in [0, 0.1) is 19.8 Å². The topological polar surface area (TPSA) is 21.3 Å². The van der Waals surface area contributed by atoms with Crippen LogP contribution >= 0.6 is 0 Å². The van der Waals surface area contributed by atoms with Gasteiger partial charge in [-0.1, -0.05) is 19.9 Å². The van der Waals surface area contributed by atoms with Gasteiger partial charge in [0.2, 0.25) is 0 Å². The summed E-state index contributed by atoms with van der Waals surface area (Å²) in [5.74, 6) is 1.74. The molecule has 0 radical (unpaired) electrons. The number of hydrogen-bond acceptors (Lipinski definition) is 2. The lowest BCUT2D eigenvalue weighted by Gasteiger charge is -2.16. The van der Waals surface area contributed by atoms with Crippen LogP contribution in [0.3, 0.4) is 0 Å². The maximum atomic E-state index is 5.92. The molecule has 1 atom stereocenters. The van der Waals surface area contributed by atoms with Gasteiger partial charge in [0, 0.05) is 6.54 Å². The first-order chi connectivity index (χ1) is 8.47. The van der Waals surface area contributed by atoms with Crippen LogP contribution in [0.15, 0.2) is 18.2 Å². The zero-order chi connectivity index (χ0) is 13.5. The SMILES string of the molecule is Cc1cc(C)cc(OC(C)CNCCC(C)C)c1. The summed E-state index contributed by atoms with van der Waals surface area (Å²) >= 11 is 0. The van der Waals surface area contributed by atoms with Crippen molar-refractivity contribution in [2.45, 2.75) is 47.1 Å². The number of rotatable bonds is 7. The van der Waals surface area contributed by atoms with Crippen molar-refractivity contribution in [2.24, 2.45) is 5.92 Å². The maximum Gasteiger partial charge on any atom is 0.120 e. The lowest BCUT2D eigenvalue weighted by Crippen LogP contribution is -2.30. The summed E-state index contributed by atoms with van der Waals surface area (Å²) in [6.07, 6.45) is 1.43. The largest absolute Gasteiger partial charge is 0.489 e. The van der Waals surface area contributed by atoms with Crippen LogP contribution in [0.2, 0.25) is 0 Å². The summed E-state index contributed by atoms with van der Waals surface area (Å²) in [6.45, 7) is 12.8. The quantitative estimate of drug-likeness (QED) is 0.744. The van der Waals surface area contributed by atoms with E-state index >= 15 is 0 Å². The van der Waals surface area contributed by atoms with Gasteiger partial charge in [-0.2, -0.15) is 0 Å². The van der Waals surface area contributed by atoms with E-state index in [0.717, 1.165) is 24.8 Å². The normalized spacial score (nSPS) is 12.8. The van der Waals surface area contributed by atoms with Crippen LogP contribution in [0.4, 0.5) is 0 Å². The average molecular weight is 249 g/mol. The highest BCUT2D eigenvalue weighted by molar-refractivity contribution is 5.33.